The molecule has 0 amide bonds. The lowest BCUT2D eigenvalue weighted by Gasteiger charge is -2.05. The van der Waals surface area contributed by atoms with E-state index in [0.29, 0.717) is 5.82 Å². The van der Waals surface area contributed by atoms with Gasteiger partial charge in [-0.15, -0.1) is 15.0 Å². The highest BCUT2D eigenvalue weighted by molar-refractivity contribution is 5.47. The molecule has 0 radical (unpaired) electrons. The first-order valence-corrected chi connectivity index (χ1v) is 3.99. The predicted octanol–water partition coefficient (Wildman–Crippen LogP) is 1.17. The Morgan fingerprint density at radius 2 is 2.42 bits per heavy atom. The predicted molar refractivity (Wildman–Crippen MR) is 45.2 cm³/mol. The molecule has 1 aromatic heterocycles. The van der Waals surface area contributed by atoms with Crippen LogP contribution < -0.4 is 0 Å². The molecule has 0 unspecified atom stereocenters. The van der Waals surface area contributed by atoms with Crippen molar-refractivity contribution >= 4 is 5.70 Å². The minimum absolute atomic E-state index is 0.713. The standard InChI is InChI=1S/C8H10N4/c1-7-9-11-12(10-7)8-5-3-2-4-6-8/h2-3,5H,4,6H2,1H3. The number of aryl methyl sites for hydroxylation is 1. The Hall–Kier alpha value is -1.45. The summed E-state index contributed by atoms with van der Waals surface area (Å²) >= 11 is 0. The second kappa shape index (κ2) is 2.89. The van der Waals surface area contributed by atoms with Crippen molar-refractivity contribution in [2.75, 3.05) is 0 Å². The van der Waals surface area contributed by atoms with Crippen LogP contribution in [-0.2, 0) is 0 Å². The third-order valence-electron chi connectivity index (χ3n) is 1.76. The molecule has 0 saturated carbocycles. The molecule has 1 aliphatic rings. The molecule has 0 bridgehead atoms. The van der Waals surface area contributed by atoms with Gasteiger partial charge in [-0.05, 0) is 31.1 Å². The SMILES string of the molecule is Cc1nnn(C2=CC=CCC2)n1. The van der Waals surface area contributed by atoms with Crippen molar-refractivity contribution < 1.29 is 0 Å². The Balaban J connectivity index is 2.30. The second-order valence-corrected chi connectivity index (χ2v) is 2.75. The Morgan fingerprint density at radius 1 is 1.50 bits per heavy atom. The van der Waals surface area contributed by atoms with Crippen molar-refractivity contribution in [3.05, 3.63) is 24.1 Å². The third-order valence-corrected chi connectivity index (χ3v) is 1.76. The maximum Gasteiger partial charge on any atom is 0.172 e. The van der Waals surface area contributed by atoms with E-state index in [1.807, 2.05) is 19.1 Å². The molecule has 12 heavy (non-hydrogen) atoms. The summed E-state index contributed by atoms with van der Waals surface area (Å²) in [6.07, 6.45) is 8.23. The van der Waals surface area contributed by atoms with Gasteiger partial charge in [0, 0.05) is 0 Å². The number of tetrazole rings is 1. The first-order valence-electron chi connectivity index (χ1n) is 3.99. The molecule has 0 aromatic carbocycles. The maximum atomic E-state index is 4.13. The Morgan fingerprint density at radius 3 is 3.00 bits per heavy atom. The molecule has 4 nitrogen and oxygen atoms in total. The van der Waals surface area contributed by atoms with Crippen LogP contribution in [0.4, 0.5) is 0 Å². The van der Waals surface area contributed by atoms with Gasteiger partial charge in [-0.3, -0.25) is 0 Å². The van der Waals surface area contributed by atoms with E-state index in [1.165, 1.54) is 0 Å². The summed E-state index contributed by atoms with van der Waals surface area (Å²) in [5.74, 6) is 0.713. The summed E-state index contributed by atoms with van der Waals surface area (Å²) < 4.78 is 0. The van der Waals surface area contributed by atoms with Gasteiger partial charge in [-0.25, -0.2) is 0 Å². The molecular formula is C8H10N4. The molecule has 1 heterocycles. The largest absolute Gasteiger partial charge is 0.172 e. The van der Waals surface area contributed by atoms with Crippen LogP contribution in [0.3, 0.4) is 0 Å². The lowest BCUT2D eigenvalue weighted by Crippen LogP contribution is -2.03. The monoisotopic (exact) mass is 162 g/mol. The van der Waals surface area contributed by atoms with Gasteiger partial charge in [0.1, 0.15) is 0 Å². The van der Waals surface area contributed by atoms with Gasteiger partial charge in [-0.2, -0.15) is 0 Å². The molecule has 62 valence electrons. The summed E-state index contributed by atoms with van der Waals surface area (Å²) in [5, 5.41) is 11.8. The van der Waals surface area contributed by atoms with Gasteiger partial charge in [0.25, 0.3) is 0 Å². The molecule has 0 aliphatic heterocycles. The van der Waals surface area contributed by atoms with Crippen LogP contribution in [0.15, 0.2) is 18.2 Å². The maximum absolute atomic E-state index is 4.13. The van der Waals surface area contributed by atoms with E-state index in [9.17, 15) is 0 Å². The fourth-order valence-electron chi connectivity index (χ4n) is 1.16. The third kappa shape index (κ3) is 1.28. The zero-order valence-corrected chi connectivity index (χ0v) is 6.94. The van der Waals surface area contributed by atoms with Crippen LogP contribution in [0, 0.1) is 6.92 Å². The quantitative estimate of drug-likeness (QED) is 0.622. The van der Waals surface area contributed by atoms with E-state index in [2.05, 4.69) is 21.5 Å². The van der Waals surface area contributed by atoms with E-state index in [0.717, 1.165) is 18.5 Å². The summed E-state index contributed by atoms with van der Waals surface area (Å²) in [6, 6.07) is 0. The summed E-state index contributed by atoms with van der Waals surface area (Å²) in [6.45, 7) is 1.84. The fourth-order valence-corrected chi connectivity index (χ4v) is 1.16. The van der Waals surface area contributed by atoms with Gasteiger partial charge in [0.2, 0.25) is 0 Å². The number of rotatable bonds is 1. The van der Waals surface area contributed by atoms with Gasteiger partial charge >= 0.3 is 0 Å². The van der Waals surface area contributed by atoms with Crippen LogP contribution in [-0.4, -0.2) is 20.2 Å². The number of hydrogen-bond donors (Lipinski definition) is 0. The molecule has 0 N–H and O–H groups in total. The van der Waals surface area contributed by atoms with Crippen molar-refractivity contribution in [2.24, 2.45) is 0 Å². The van der Waals surface area contributed by atoms with Crippen LogP contribution in [0.2, 0.25) is 0 Å². The molecule has 1 aromatic rings. The number of nitrogens with zero attached hydrogens (tertiary/aromatic N) is 4. The van der Waals surface area contributed by atoms with E-state index in [1.54, 1.807) is 4.80 Å². The Labute approximate surface area is 70.6 Å². The first-order chi connectivity index (χ1) is 5.86. The van der Waals surface area contributed by atoms with E-state index < -0.39 is 0 Å². The molecule has 0 fully saturated rings. The lowest BCUT2D eigenvalue weighted by atomic mass is 10.1. The summed E-state index contributed by atoms with van der Waals surface area (Å²) in [4.78, 5) is 1.60. The molecule has 4 heteroatoms. The molecule has 0 saturated heterocycles. The fraction of sp³-hybridized carbons (Fsp3) is 0.375. The number of hydrogen-bond acceptors (Lipinski definition) is 3. The molecule has 0 spiro atoms. The highest BCUT2D eigenvalue weighted by Gasteiger charge is 2.04. The van der Waals surface area contributed by atoms with Crippen molar-refractivity contribution in [1.82, 2.24) is 20.2 Å². The highest BCUT2D eigenvalue weighted by atomic mass is 15.6. The minimum atomic E-state index is 0.713. The molecule has 0 atom stereocenters. The van der Waals surface area contributed by atoms with Crippen LogP contribution in [0.1, 0.15) is 18.7 Å². The Kier molecular flexibility index (Phi) is 1.74. The smallest absolute Gasteiger partial charge is 0.135 e. The zero-order chi connectivity index (χ0) is 8.39. The average molecular weight is 162 g/mol. The lowest BCUT2D eigenvalue weighted by molar-refractivity contribution is 0.706. The second-order valence-electron chi connectivity index (χ2n) is 2.75. The Bertz CT molecular complexity index is 335. The molecule has 2 rings (SSSR count). The van der Waals surface area contributed by atoms with Crippen molar-refractivity contribution in [3.63, 3.8) is 0 Å². The van der Waals surface area contributed by atoms with Gasteiger partial charge < -0.3 is 0 Å². The van der Waals surface area contributed by atoms with Gasteiger partial charge in [0.15, 0.2) is 5.82 Å². The van der Waals surface area contributed by atoms with E-state index in [-0.39, 0.29) is 0 Å². The van der Waals surface area contributed by atoms with Crippen LogP contribution >= 0.6 is 0 Å². The van der Waals surface area contributed by atoms with E-state index >= 15 is 0 Å². The van der Waals surface area contributed by atoms with Crippen molar-refractivity contribution in [3.8, 4) is 0 Å². The molecule has 1 aliphatic carbocycles. The zero-order valence-electron chi connectivity index (χ0n) is 6.94. The summed E-state index contributed by atoms with van der Waals surface area (Å²) in [5.41, 5.74) is 1.11. The van der Waals surface area contributed by atoms with Gasteiger partial charge in [-0.1, -0.05) is 12.2 Å². The van der Waals surface area contributed by atoms with Crippen molar-refractivity contribution in [2.45, 2.75) is 19.8 Å². The number of aromatic nitrogens is 4. The van der Waals surface area contributed by atoms with Crippen LogP contribution in [0.5, 0.6) is 0 Å². The number of allylic oxidation sites excluding steroid dienone is 4. The summed E-state index contributed by atoms with van der Waals surface area (Å²) in [7, 11) is 0. The molecular weight excluding hydrogens is 152 g/mol. The van der Waals surface area contributed by atoms with Crippen LogP contribution in [0.25, 0.3) is 5.70 Å². The highest BCUT2D eigenvalue weighted by Crippen LogP contribution is 2.14. The minimum Gasteiger partial charge on any atom is -0.135 e. The normalized spacial score (nSPS) is 16.2. The topological polar surface area (TPSA) is 43.6 Å². The van der Waals surface area contributed by atoms with Crippen molar-refractivity contribution in [1.29, 1.82) is 0 Å². The average Bonchev–Trinajstić information content (AvgIpc) is 2.54. The van der Waals surface area contributed by atoms with E-state index in [4.69, 9.17) is 0 Å². The first kappa shape index (κ1) is 7.21. The van der Waals surface area contributed by atoms with Gasteiger partial charge in [0.05, 0.1) is 5.70 Å².